The van der Waals surface area contributed by atoms with E-state index in [1.54, 1.807) is 29.7 Å². The first kappa shape index (κ1) is 17.4. The maximum Gasteiger partial charge on any atom is 0.335 e. The molecule has 26 heavy (non-hydrogen) atoms. The topological polar surface area (TPSA) is 106 Å². The van der Waals surface area contributed by atoms with Crippen molar-refractivity contribution in [3.8, 4) is 5.75 Å². The Hall–Kier alpha value is -3.42. The maximum absolute atomic E-state index is 12.6. The number of hydrogen-bond acceptors (Lipinski definition) is 5. The quantitative estimate of drug-likeness (QED) is 0.702. The van der Waals surface area contributed by atoms with Crippen molar-refractivity contribution in [3.05, 3.63) is 59.3 Å². The van der Waals surface area contributed by atoms with Crippen LogP contribution < -0.4 is 10.1 Å². The lowest BCUT2D eigenvalue weighted by atomic mass is 10.2. The number of aryl methyl sites for hydroxylation is 1. The highest BCUT2D eigenvalue weighted by Gasteiger charge is 2.18. The summed E-state index contributed by atoms with van der Waals surface area (Å²) in [6.45, 7) is 4.24. The van der Waals surface area contributed by atoms with Crippen LogP contribution in [0.5, 0.6) is 5.75 Å². The van der Waals surface area contributed by atoms with E-state index >= 15 is 0 Å². The van der Waals surface area contributed by atoms with Crippen LogP contribution in [0, 0.1) is 6.92 Å². The number of carbonyl (C=O) groups excluding carboxylic acids is 1. The Labute approximate surface area is 149 Å². The van der Waals surface area contributed by atoms with Crippen LogP contribution in [0.25, 0.3) is 5.65 Å². The predicted molar refractivity (Wildman–Crippen MR) is 93.5 cm³/mol. The summed E-state index contributed by atoms with van der Waals surface area (Å²) in [4.78, 5) is 32.2. The molecule has 0 aromatic carbocycles. The SMILES string of the molecule is CCOc1cccn2c(C(=O)NCc3cc(C(=O)O)ccn3)c(C)nc12. The van der Waals surface area contributed by atoms with E-state index < -0.39 is 5.97 Å². The van der Waals surface area contributed by atoms with Gasteiger partial charge in [0.1, 0.15) is 5.69 Å². The molecular formula is C18H18N4O4. The van der Waals surface area contributed by atoms with E-state index in [1.807, 2.05) is 6.92 Å². The van der Waals surface area contributed by atoms with Crippen LogP contribution in [0.3, 0.4) is 0 Å². The first-order valence-electron chi connectivity index (χ1n) is 8.08. The fourth-order valence-electron chi connectivity index (χ4n) is 2.66. The highest BCUT2D eigenvalue weighted by Crippen LogP contribution is 2.22. The number of aromatic carboxylic acids is 1. The zero-order valence-electron chi connectivity index (χ0n) is 14.4. The molecule has 0 spiro atoms. The number of imidazole rings is 1. The Bertz CT molecular complexity index is 980. The van der Waals surface area contributed by atoms with Crippen LogP contribution in [0.4, 0.5) is 0 Å². The monoisotopic (exact) mass is 354 g/mol. The third kappa shape index (κ3) is 3.34. The van der Waals surface area contributed by atoms with Gasteiger partial charge in [0.05, 0.1) is 30.1 Å². The van der Waals surface area contributed by atoms with Gasteiger partial charge in [0.15, 0.2) is 11.4 Å². The molecule has 3 heterocycles. The predicted octanol–water partition coefficient (Wildman–Crippen LogP) is 2.06. The minimum absolute atomic E-state index is 0.109. The first-order valence-corrected chi connectivity index (χ1v) is 8.08. The average molecular weight is 354 g/mol. The second-order valence-corrected chi connectivity index (χ2v) is 5.57. The van der Waals surface area contributed by atoms with Crippen LogP contribution in [0.15, 0.2) is 36.7 Å². The molecule has 0 fully saturated rings. The van der Waals surface area contributed by atoms with Gasteiger partial charge in [-0.2, -0.15) is 0 Å². The molecule has 3 aromatic heterocycles. The Morgan fingerprint density at radius 3 is 2.88 bits per heavy atom. The van der Waals surface area contributed by atoms with E-state index in [1.165, 1.54) is 18.3 Å². The van der Waals surface area contributed by atoms with Crippen LogP contribution in [-0.4, -0.2) is 38.0 Å². The highest BCUT2D eigenvalue weighted by molar-refractivity contribution is 5.95. The molecule has 8 nitrogen and oxygen atoms in total. The number of carboxylic acid groups (broad SMARTS) is 1. The Morgan fingerprint density at radius 1 is 1.35 bits per heavy atom. The van der Waals surface area contributed by atoms with Gasteiger partial charge in [0, 0.05) is 12.4 Å². The molecule has 2 N–H and O–H groups in total. The number of pyridine rings is 2. The number of aromatic nitrogens is 3. The van der Waals surface area contributed by atoms with Gasteiger partial charge in [0.25, 0.3) is 5.91 Å². The van der Waals surface area contributed by atoms with Crippen molar-refractivity contribution in [1.29, 1.82) is 0 Å². The van der Waals surface area contributed by atoms with Gasteiger partial charge in [-0.3, -0.25) is 14.2 Å². The van der Waals surface area contributed by atoms with E-state index in [-0.39, 0.29) is 18.0 Å². The molecule has 0 aliphatic rings. The summed E-state index contributed by atoms with van der Waals surface area (Å²) < 4.78 is 7.23. The molecule has 134 valence electrons. The lowest BCUT2D eigenvalue weighted by molar-refractivity contribution is 0.0696. The van der Waals surface area contributed by atoms with Gasteiger partial charge in [-0.1, -0.05) is 0 Å². The zero-order valence-corrected chi connectivity index (χ0v) is 14.4. The van der Waals surface area contributed by atoms with Crippen molar-refractivity contribution < 1.29 is 19.4 Å². The van der Waals surface area contributed by atoms with Gasteiger partial charge in [0.2, 0.25) is 0 Å². The van der Waals surface area contributed by atoms with Crippen molar-refractivity contribution in [2.24, 2.45) is 0 Å². The summed E-state index contributed by atoms with van der Waals surface area (Å²) in [5.74, 6) is -0.764. The van der Waals surface area contributed by atoms with Gasteiger partial charge in [-0.25, -0.2) is 9.78 Å². The molecular weight excluding hydrogens is 336 g/mol. The van der Waals surface area contributed by atoms with Gasteiger partial charge in [-0.15, -0.1) is 0 Å². The van der Waals surface area contributed by atoms with Crippen molar-refractivity contribution in [3.63, 3.8) is 0 Å². The minimum Gasteiger partial charge on any atom is -0.490 e. The van der Waals surface area contributed by atoms with E-state index in [0.29, 0.717) is 35.1 Å². The van der Waals surface area contributed by atoms with E-state index in [4.69, 9.17) is 9.84 Å². The number of rotatable bonds is 6. The van der Waals surface area contributed by atoms with Crippen LogP contribution in [0.1, 0.15) is 39.2 Å². The summed E-state index contributed by atoms with van der Waals surface area (Å²) in [6.07, 6.45) is 3.15. The first-order chi connectivity index (χ1) is 12.5. The number of nitrogens with one attached hydrogen (secondary N) is 1. The van der Waals surface area contributed by atoms with E-state index in [2.05, 4.69) is 15.3 Å². The summed E-state index contributed by atoms with van der Waals surface area (Å²) in [6, 6.07) is 6.41. The molecule has 1 amide bonds. The van der Waals surface area contributed by atoms with Crippen molar-refractivity contribution in [2.75, 3.05) is 6.61 Å². The number of carbonyl (C=O) groups is 2. The Balaban J connectivity index is 1.84. The molecule has 3 aromatic rings. The molecule has 3 rings (SSSR count). The average Bonchev–Trinajstić information content (AvgIpc) is 2.97. The van der Waals surface area contributed by atoms with E-state index in [0.717, 1.165) is 0 Å². The van der Waals surface area contributed by atoms with Crippen molar-refractivity contribution in [1.82, 2.24) is 19.7 Å². The number of ether oxygens (including phenoxy) is 1. The third-order valence-electron chi connectivity index (χ3n) is 3.80. The Morgan fingerprint density at radius 2 is 2.15 bits per heavy atom. The number of hydrogen-bond donors (Lipinski definition) is 2. The third-order valence-corrected chi connectivity index (χ3v) is 3.80. The van der Waals surface area contributed by atoms with Crippen LogP contribution in [0.2, 0.25) is 0 Å². The molecule has 8 heteroatoms. The van der Waals surface area contributed by atoms with Crippen molar-refractivity contribution >= 4 is 17.5 Å². The summed E-state index contributed by atoms with van der Waals surface area (Å²) in [5, 5.41) is 11.8. The van der Waals surface area contributed by atoms with Crippen LogP contribution >= 0.6 is 0 Å². The highest BCUT2D eigenvalue weighted by atomic mass is 16.5. The smallest absolute Gasteiger partial charge is 0.335 e. The molecule has 0 aliphatic carbocycles. The second-order valence-electron chi connectivity index (χ2n) is 5.57. The standard InChI is InChI=1S/C18H18N4O4/c1-3-26-14-5-4-8-22-15(11(2)21-16(14)22)17(23)20-10-13-9-12(18(24)25)6-7-19-13/h4-9H,3,10H2,1-2H3,(H,20,23)(H,24,25). The molecule has 0 aliphatic heterocycles. The number of nitrogens with zero attached hydrogens (tertiary/aromatic N) is 3. The molecule has 0 radical (unpaired) electrons. The fourth-order valence-corrected chi connectivity index (χ4v) is 2.66. The fraction of sp³-hybridized carbons (Fsp3) is 0.222. The minimum atomic E-state index is -1.04. The lowest BCUT2D eigenvalue weighted by Gasteiger charge is -2.08. The normalized spacial score (nSPS) is 10.7. The molecule has 0 atom stereocenters. The van der Waals surface area contributed by atoms with Crippen molar-refractivity contribution in [2.45, 2.75) is 20.4 Å². The van der Waals surface area contributed by atoms with Gasteiger partial charge < -0.3 is 15.2 Å². The molecule has 0 unspecified atom stereocenters. The van der Waals surface area contributed by atoms with E-state index in [9.17, 15) is 9.59 Å². The number of fused-ring (bicyclic) bond motifs is 1. The largest absolute Gasteiger partial charge is 0.490 e. The zero-order chi connectivity index (χ0) is 18.7. The molecule has 0 saturated carbocycles. The van der Waals surface area contributed by atoms with Gasteiger partial charge >= 0.3 is 5.97 Å². The van der Waals surface area contributed by atoms with Gasteiger partial charge in [-0.05, 0) is 38.1 Å². The number of carboxylic acids is 1. The maximum atomic E-state index is 12.6. The lowest BCUT2D eigenvalue weighted by Crippen LogP contribution is -2.25. The summed E-state index contributed by atoms with van der Waals surface area (Å²) in [7, 11) is 0. The second kappa shape index (κ2) is 7.22. The van der Waals surface area contributed by atoms with Crippen LogP contribution in [-0.2, 0) is 6.54 Å². The number of amides is 1. The Kier molecular flexibility index (Phi) is 4.83. The molecule has 0 bridgehead atoms. The summed E-state index contributed by atoms with van der Waals surface area (Å²) >= 11 is 0. The summed E-state index contributed by atoms with van der Waals surface area (Å²) in [5.41, 5.74) is 2.12. The molecule has 0 saturated heterocycles.